The van der Waals surface area contributed by atoms with Gasteiger partial charge >= 0.3 is 6.18 Å². The molecule has 3 aromatic rings. The number of fused-ring (bicyclic) bond motifs is 1. The normalized spacial score (nSPS) is 16.3. The SMILES string of the molecule is CC1CN(c2ccc(C(F)(F)F)cc2)C(=O)c2c(C(=O)Nc3ccncc3)cnn21. The molecule has 0 saturated carbocycles. The third-order valence-corrected chi connectivity index (χ3v) is 4.80. The lowest BCUT2D eigenvalue weighted by molar-refractivity contribution is -0.137. The second-order valence-electron chi connectivity index (χ2n) is 6.85. The van der Waals surface area contributed by atoms with Gasteiger partial charge < -0.3 is 10.2 Å². The molecule has 154 valence electrons. The number of carbonyl (C=O) groups excluding carboxylic acids is 2. The minimum atomic E-state index is -4.46. The fourth-order valence-electron chi connectivity index (χ4n) is 3.31. The summed E-state index contributed by atoms with van der Waals surface area (Å²) in [6, 6.07) is 7.28. The number of aromatic nitrogens is 3. The molecule has 0 fully saturated rings. The van der Waals surface area contributed by atoms with Gasteiger partial charge in [0, 0.05) is 30.3 Å². The number of nitrogens with one attached hydrogen (secondary N) is 1. The molecule has 0 spiro atoms. The molecule has 1 aliphatic rings. The maximum atomic E-state index is 13.1. The van der Waals surface area contributed by atoms with Gasteiger partial charge in [-0.15, -0.1) is 0 Å². The van der Waals surface area contributed by atoms with E-state index in [1.165, 1.54) is 40.3 Å². The number of nitrogens with zero attached hydrogens (tertiary/aromatic N) is 4. The molecule has 4 rings (SSSR count). The highest BCUT2D eigenvalue weighted by molar-refractivity contribution is 6.15. The van der Waals surface area contributed by atoms with Gasteiger partial charge in [-0.1, -0.05) is 0 Å². The molecule has 1 unspecified atom stereocenters. The van der Waals surface area contributed by atoms with Crippen LogP contribution >= 0.6 is 0 Å². The minimum Gasteiger partial charge on any atom is -0.322 e. The van der Waals surface area contributed by atoms with Crippen LogP contribution in [0, 0.1) is 0 Å². The fraction of sp³-hybridized carbons (Fsp3) is 0.200. The number of anilines is 2. The molecule has 0 aliphatic carbocycles. The van der Waals surface area contributed by atoms with E-state index in [2.05, 4.69) is 15.4 Å². The molecule has 3 heterocycles. The van der Waals surface area contributed by atoms with Crippen LogP contribution in [-0.4, -0.2) is 33.1 Å². The van der Waals surface area contributed by atoms with E-state index in [4.69, 9.17) is 0 Å². The molecule has 0 radical (unpaired) electrons. The van der Waals surface area contributed by atoms with Crippen molar-refractivity contribution in [1.82, 2.24) is 14.8 Å². The van der Waals surface area contributed by atoms with Crippen molar-refractivity contribution in [3.63, 3.8) is 0 Å². The molecule has 1 atom stereocenters. The maximum Gasteiger partial charge on any atom is 0.416 e. The second-order valence-corrected chi connectivity index (χ2v) is 6.85. The monoisotopic (exact) mass is 415 g/mol. The summed E-state index contributed by atoms with van der Waals surface area (Å²) in [5, 5.41) is 6.85. The van der Waals surface area contributed by atoms with Crippen molar-refractivity contribution in [2.75, 3.05) is 16.8 Å². The molecule has 0 saturated heterocycles. The Morgan fingerprint density at radius 3 is 2.43 bits per heavy atom. The van der Waals surface area contributed by atoms with Crippen LogP contribution in [0.1, 0.15) is 39.4 Å². The van der Waals surface area contributed by atoms with Crippen molar-refractivity contribution in [1.29, 1.82) is 0 Å². The van der Waals surface area contributed by atoms with E-state index >= 15 is 0 Å². The number of amides is 2. The highest BCUT2D eigenvalue weighted by atomic mass is 19.4. The largest absolute Gasteiger partial charge is 0.416 e. The standard InChI is InChI=1S/C20H16F3N5O2/c1-12-11-27(15-4-2-13(3-5-15)20(21,22)23)19(30)17-16(10-25-28(12)17)18(29)26-14-6-8-24-9-7-14/h2-10,12H,11H2,1H3,(H,24,26,29). The van der Waals surface area contributed by atoms with Gasteiger partial charge in [0.25, 0.3) is 11.8 Å². The molecule has 10 heteroatoms. The molecular formula is C20H16F3N5O2. The molecule has 2 aromatic heterocycles. The van der Waals surface area contributed by atoms with Gasteiger partial charge in [-0.2, -0.15) is 18.3 Å². The third kappa shape index (κ3) is 3.51. The van der Waals surface area contributed by atoms with Crippen LogP contribution in [-0.2, 0) is 6.18 Å². The van der Waals surface area contributed by atoms with Crippen LogP contribution in [0.4, 0.5) is 24.5 Å². The van der Waals surface area contributed by atoms with Crippen LogP contribution in [0.2, 0.25) is 0 Å². The van der Waals surface area contributed by atoms with Crippen LogP contribution < -0.4 is 10.2 Å². The lowest BCUT2D eigenvalue weighted by Crippen LogP contribution is -2.43. The molecular weight excluding hydrogens is 399 g/mol. The molecule has 7 nitrogen and oxygen atoms in total. The quantitative estimate of drug-likeness (QED) is 0.706. The second kappa shape index (κ2) is 7.29. The summed E-state index contributed by atoms with van der Waals surface area (Å²) in [6.45, 7) is 2.02. The van der Waals surface area contributed by atoms with Crippen LogP contribution in [0.3, 0.4) is 0 Å². The maximum absolute atomic E-state index is 13.1. The summed E-state index contributed by atoms with van der Waals surface area (Å²) in [7, 11) is 0. The summed E-state index contributed by atoms with van der Waals surface area (Å²) in [5.41, 5.74) is 0.185. The van der Waals surface area contributed by atoms with E-state index in [-0.39, 0.29) is 23.8 Å². The van der Waals surface area contributed by atoms with Crippen molar-refractivity contribution < 1.29 is 22.8 Å². The van der Waals surface area contributed by atoms with Gasteiger partial charge in [0.15, 0.2) is 0 Å². The first-order chi connectivity index (χ1) is 14.3. The molecule has 1 N–H and O–H groups in total. The molecule has 1 aliphatic heterocycles. The smallest absolute Gasteiger partial charge is 0.322 e. The summed E-state index contributed by atoms with van der Waals surface area (Å²) in [6.07, 6.45) is -0.115. The van der Waals surface area contributed by atoms with E-state index in [0.717, 1.165) is 12.1 Å². The number of benzene rings is 1. The third-order valence-electron chi connectivity index (χ3n) is 4.80. The minimum absolute atomic E-state index is 0.0835. The van der Waals surface area contributed by atoms with E-state index in [9.17, 15) is 22.8 Å². The molecule has 1 aromatic carbocycles. The number of carbonyl (C=O) groups is 2. The highest BCUT2D eigenvalue weighted by Gasteiger charge is 2.36. The zero-order valence-corrected chi connectivity index (χ0v) is 15.7. The highest BCUT2D eigenvalue weighted by Crippen LogP contribution is 2.32. The first-order valence-corrected chi connectivity index (χ1v) is 9.03. The van der Waals surface area contributed by atoms with Gasteiger partial charge in [-0.3, -0.25) is 19.3 Å². The number of pyridine rings is 1. The fourth-order valence-corrected chi connectivity index (χ4v) is 3.31. The summed E-state index contributed by atoms with van der Waals surface area (Å²) in [4.78, 5) is 31.1. The number of halogens is 3. The molecule has 2 amide bonds. The van der Waals surface area contributed by atoms with Crippen LogP contribution in [0.25, 0.3) is 0 Å². The Kier molecular flexibility index (Phi) is 4.76. The predicted octanol–water partition coefficient (Wildman–Crippen LogP) is 3.77. The van der Waals surface area contributed by atoms with E-state index in [1.54, 1.807) is 12.1 Å². The Hall–Kier alpha value is -3.69. The summed E-state index contributed by atoms with van der Waals surface area (Å²) >= 11 is 0. The lowest BCUT2D eigenvalue weighted by atomic mass is 10.1. The van der Waals surface area contributed by atoms with Crippen molar-refractivity contribution in [3.05, 3.63) is 71.8 Å². The average Bonchev–Trinajstić information content (AvgIpc) is 3.17. The number of alkyl halides is 3. The van der Waals surface area contributed by atoms with Crippen molar-refractivity contribution in [3.8, 4) is 0 Å². The van der Waals surface area contributed by atoms with E-state index < -0.39 is 23.6 Å². The zero-order chi connectivity index (χ0) is 21.5. The van der Waals surface area contributed by atoms with Crippen LogP contribution in [0.15, 0.2) is 55.0 Å². The van der Waals surface area contributed by atoms with Gasteiger partial charge in [0.1, 0.15) is 5.69 Å². The van der Waals surface area contributed by atoms with Crippen LogP contribution in [0.5, 0.6) is 0 Å². The van der Waals surface area contributed by atoms with Gasteiger partial charge in [-0.05, 0) is 43.3 Å². The first kappa shape index (κ1) is 19.6. The lowest BCUT2D eigenvalue weighted by Gasteiger charge is -2.32. The Labute approximate surface area is 169 Å². The van der Waals surface area contributed by atoms with Crippen molar-refractivity contribution in [2.24, 2.45) is 0 Å². The Morgan fingerprint density at radius 1 is 1.13 bits per heavy atom. The Bertz CT molecular complexity index is 1090. The van der Waals surface area contributed by atoms with Crippen molar-refractivity contribution in [2.45, 2.75) is 19.1 Å². The van der Waals surface area contributed by atoms with E-state index in [1.807, 2.05) is 6.92 Å². The Morgan fingerprint density at radius 2 is 1.80 bits per heavy atom. The number of hydrogen-bond acceptors (Lipinski definition) is 4. The van der Waals surface area contributed by atoms with Gasteiger partial charge in [0.05, 0.1) is 23.4 Å². The molecule has 30 heavy (non-hydrogen) atoms. The summed E-state index contributed by atoms with van der Waals surface area (Å²) in [5.74, 6) is -1.03. The van der Waals surface area contributed by atoms with Crippen molar-refractivity contribution >= 4 is 23.2 Å². The molecule has 0 bridgehead atoms. The zero-order valence-electron chi connectivity index (χ0n) is 15.7. The topological polar surface area (TPSA) is 80.1 Å². The van der Waals surface area contributed by atoms with Gasteiger partial charge in [-0.25, -0.2) is 0 Å². The van der Waals surface area contributed by atoms with Gasteiger partial charge in [0.2, 0.25) is 0 Å². The average molecular weight is 415 g/mol. The first-order valence-electron chi connectivity index (χ1n) is 9.03. The number of hydrogen-bond donors (Lipinski definition) is 1. The number of rotatable bonds is 3. The Balaban J connectivity index is 1.65. The summed E-state index contributed by atoms with van der Waals surface area (Å²) < 4.78 is 40.0. The predicted molar refractivity (Wildman–Crippen MR) is 102 cm³/mol. The van der Waals surface area contributed by atoms with E-state index in [0.29, 0.717) is 11.4 Å².